The summed E-state index contributed by atoms with van der Waals surface area (Å²) in [5.74, 6) is 0. The summed E-state index contributed by atoms with van der Waals surface area (Å²) < 4.78 is 0. The van der Waals surface area contributed by atoms with Crippen LogP contribution in [0.2, 0.25) is 0 Å². The van der Waals surface area contributed by atoms with Crippen molar-refractivity contribution in [2.45, 2.75) is 61.1 Å². The Morgan fingerprint density at radius 2 is 1.73 bits per heavy atom. The molecule has 2 aromatic carbocycles. The van der Waals surface area contributed by atoms with Gasteiger partial charge in [-0.05, 0) is 48.7 Å². The van der Waals surface area contributed by atoms with Gasteiger partial charge in [0, 0.05) is 41.1 Å². The molecule has 30 heavy (non-hydrogen) atoms. The maximum atomic E-state index is 6.28. The number of nitrogen functional groups attached to an aromatic ring is 1. The molecule has 4 rings (SSSR count). The number of nitrogens with two attached hydrogens (primary N) is 1. The number of nitrogens with one attached hydrogen (secondary N) is 1. The van der Waals surface area contributed by atoms with E-state index in [4.69, 9.17) is 5.73 Å². The van der Waals surface area contributed by atoms with Crippen molar-refractivity contribution in [1.82, 2.24) is 15.1 Å². The summed E-state index contributed by atoms with van der Waals surface area (Å²) in [6.07, 6.45) is 1.25. The van der Waals surface area contributed by atoms with Crippen molar-refractivity contribution in [2.75, 3.05) is 5.73 Å². The van der Waals surface area contributed by atoms with Gasteiger partial charge >= 0.3 is 0 Å². The Morgan fingerprint density at radius 1 is 1.10 bits per heavy atom. The van der Waals surface area contributed by atoms with E-state index in [0.717, 1.165) is 46.5 Å². The minimum Gasteiger partial charge on any atom is -0.398 e. The van der Waals surface area contributed by atoms with E-state index in [2.05, 4.69) is 66.4 Å². The van der Waals surface area contributed by atoms with E-state index in [0.29, 0.717) is 5.69 Å². The summed E-state index contributed by atoms with van der Waals surface area (Å²) in [5.41, 5.74) is 15.8. The lowest BCUT2D eigenvalue weighted by atomic mass is 10.0. The maximum Gasteiger partial charge on any atom is 0.0944 e. The number of hydrogen-bond donors (Lipinski definition) is 2. The van der Waals surface area contributed by atoms with Crippen molar-refractivity contribution in [3.63, 3.8) is 0 Å². The van der Waals surface area contributed by atoms with Gasteiger partial charge < -0.3 is 10.6 Å². The standard InChI is InChI=1S/C21H22N4.C3H8.C2H6/c1-12(2)15-5-6-16-10-25(11-17(16)7-15)14(4)19-8-18-13(3)23-24-21(18)9-20(19)22;1-3-2;1-2/h5-9H,1,4,10-11,22H2,2-3H3,(H,23,24);3H2,1-2H3;1-2H3. The highest BCUT2D eigenvalue weighted by atomic mass is 15.2. The minimum absolute atomic E-state index is 0.711. The molecule has 2 heterocycles. The van der Waals surface area contributed by atoms with Crippen molar-refractivity contribution in [3.8, 4) is 0 Å². The van der Waals surface area contributed by atoms with Crippen LogP contribution in [0, 0.1) is 6.92 Å². The largest absolute Gasteiger partial charge is 0.398 e. The topological polar surface area (TPSA) is 57.9 Å². The van der Waals surface area contributed by atoms with E-state index in [1.54, 1.807) is 0 Å². The van der Waals surface area contributed by atoms with E-state index in [1.807, 2.05) is 33.8 Å². The van der Waals surface area contributed by atoms with Crippen molar-refractivity contribution in [1.29, 1.82) is 0 Å². The molecule has 0 atom stereocenters. The number of allylic oxidation sites excluding steroid dienone is 1. The fourth-order valence-corrected chi connectivity index (χ4v) is 3.47. The second-order valence-electron chi connectivity index (χ2n) is 7.58. The number of nitrogens with zero attached hydrogens (tertiary/aromatic N) is 2. The zero-order valence-electron chi connectivity index (χ0n) is 19.4. The normalized spacial score (nSPS) is 11.9. The van der Waals surface area contributed by atoms with Crippen LogP contribution in [0.3, 0.4) is 0 Å². The highest BCUT2D eigenvalue weighted by Crippen LogP contribution is 2.35. The molecule has 0 amide bonds. The molecule has 1 aromatic heterocycles. The van der Waals surface area contributed by atoms with Gasteiger partial charge in [0.15, 0.2) is 0 Å². The van der Waals surface area contributed by atoms with E-state index in [9.17, 15) is 0 Å². The second kappa shape index (κ2) is 10.1. The summed E-state index contributed by atoms with van der Waals surface area (Å²) in [5, 5.41) is 8.38. The highest BCUT2D eigenvalue weighted by Gasteiger charge is 2.22. The zero-order valence-corrected chi connectivity index (χ0v) is 19.4. The van der Waals surface area contributed by atoms with Crippen LogP contribution in [-0.4, -0.2) is 15.1 Å². The molecule has 4 heteroatoms. The number of H-pyrrole nitrogens is 1. The Morgan fingerprint density at radius 3 is 2.37 bits per heavy atom. The number of anilines is 1. The lowest BCUT2D eigenvalue weighted by Gasteiger charge is -2.22. The van der Waals surface area contributed by atoms with Gasteiger partial charge in [-0.1, -0.05) is 65.0 Å². The fourth-order valence-electron chi connectivity index (χ4n) is 3.47. The summed E-state index contributed by atoms with van der Waals surface area (Å²) in [6.45, 7) is 22.4. The van der Waals surface area contributed by atoms with Gasteiger partial charge in [-0.3, -0.25) is 5.10 Å². The molecule has 0 fully saturated rings. The van der Waals surface area contributed by atoms with Crippen molar-refractivity contribution in [3.05, 3.63) is 71.4 Å². The highest BCUT2D eigenvalue weighted by molar-refractivity contribution is 5.90. The van der Waals surface area contributed by atoms with Gasteiger partial charge in [0.05, 0.1) is 5.52 Å². The molecule has 0 radical (unpaired) electrons. The summed E-state index contributed by atoms with van der Waals surface area (Å²) >= 11 is 0. The number of fused-ring (bicyclic) bond motifs is 2. The molecule has 0 unspecified atom stereocenters. The Kier molecular flexibility index (Phi) is 7.87. The maximum absolute atomic E-state index is 6.28. The first kappa shape index (κ1) is 23.3. The Hall–Kier alpha value is -3.01. The number of benzene rings is 2. The van der Waals surface area contributed by atoms with Gasteiger partial charge in [-0.2, -0.15) is 5.10 Å². The Balaban J connectivity index is 0.000000590. The zero-order chi connectivity index (χ0) is 22.4. The summed E-state index contributed by atoms with van der Waals surface area (Å²) in [6, 6.07) is 10.6. The third-order valence-corrected chi connectivity index (χ3v) is 5.03. The van der Waals surface area contributed by atoms with Crippen LogP contribution in [0.5, 0.6) is 0 Å². The first-order valence-corrected chi connectivity index (χ1v) is 10.8. The van der Waals surface area contributed by atoms with Crippen molar-refractivity contribution >= 4 is 27.9 Å². The third-order valence-electron chi connectivity index (χ3n) is 5.03. The molecule has 0 bridgehead atoms. The number of rotatable bonds is 3. The van der Waals surface area contributed by atoms with Gasteiger partial charge in [0.25, 0.3) is 0 Å². The fraction of sp³-hybridized carbons (Fsp3) is 0.346. The average molecular weight is 405 g/mol. The van der Waals surface area contributed by atoms with E-state index in [1.165, 1.54) is 23.1 Å². The second-order valence-corrected chi connectivity index (χ2v) is 7.58. The Labute approximate surface area is 181 Å². The van der Waals surface area contributed by atoms with Crippen LogP contribution in [0.15, 0.2) is 43.5 Å². The molecule has 160 valence electrons. The van der Waals surface area contributed by atoms with Crippen LogP contribution in [0.25, 0.3) is 22.2 Å². The predicted octanol–water partition coefficient (Wildman–Crippen LogP) is 6.92. The summed E-state index contributed by atoms with van der Waals surface area (Å²) in [4.78, 5) is 2.28. The first-order valence-electron chi connectivity index (χ1n) is 10.8. The summed E-state index contributed by atoms with van der Waals surface area (Å²) in [7, 11) is 0. The van der Waals surface area contributed by atoms with Crippen LogP contribution in [0.1, 0.15) is 69.0 Å². The van der Waals surface area contributed by atoms with Gasteiger partial charge in [-0.25, -0.2) is 0 Å². The monoisotopic (exact) mass is 404 g/mol. The number of hydrogen-bond acceptors (Lipinski definition) is 3. The smallest absolute Gasteiger partial charge is 0.0944 e. The molecule has 3 aromatic rings. The molecular weight excluding hydrogens is 368 g/mol. The van der Waals surface area contributed by atoms with Crippen LogP contribution < -0.4 is 5.73 Å². The SMILES string of the molecule is C=C(C)c1ccc2c(c1)CN(C(=C)c1cc3c(C)[nH]nc3cc1N)C2.CC.CCC. The third kappa shape index (κ3) is 4.76. The molecular formula is C26H36N4. The van der Waals surface area contributed by atoms with E-state index < -0.39 is 0 Å². The van der Waals surface area contributed by atoms with E-state index >= 15 is 0 Å². The number of aromatic amines is 1. The lowest BCUT2D eigenvalue weighted by molar-refractivity contribution is 0.424. The Bertz CT molecular complexity index is 1040. The quantitative estimate of drug-likeness (QED) is 0.466. The molecule has 0 aliphatic carbocycles. The minimum atomic E-state index is 0.711. The van der Waals surface area contributed by atoms with Gasteiger partial charge in [0.2, 0.25) is 0 Å². The predicted molar refractivity (Wildman–Crippen MR) is 132 cm³/mol. The number of aromatic nitrogens is 2. The molecule has 4 nitrogen and oxygen atoms in total. The van der Waals surface area contributed by atoms with Crippen molar-refractivity contribution in [2.24, 2.45) is 0 Å². The van der Waals surface area contributed by atoms with Crippen molar-refractivity contribution < 1.29 is 0 Å². The molecule has 0 saturated heterocycles. The molecule has 0 saturated carbocycles. The lowest BCUT2D eigenvalue weighted by Crippen LogP contribution is -2.14. The number of aryl methyl sites for hydroxylation is 1. The van der Waals surface area contributed by atoms with Gasteiger partial charge in [0.1, 0.15) is 0 Å². The van der Waals surface area contributed by atoms with Crippen LogP contribution in [-0.2, 0) is 13.1 Å². The molecule has 1 aliphatic rings. The van der Waals surface area contributed by atoms with Crippen LogP contribution >= 0.6 is 0 Å². The molecule has 0 spiro atoms. The molecule has 3 N–H and O–H groups in total. The first-order chi connectivity index (χ1) is 14.3. The van der Waals surface area contributed by atoms with Gasteiger partial charge in [-0.15, -0.1) is 0 Å². The average Bonchev–Trinajstić information content (AvgIpc) is 3.32. The molecule has 1 aliphatic heterocycles. The van der Waals surface area contributed by atoms with Crippen LogP contribution in [0.4, 0.5) is 5.69 Å². The van der Waals surface area contributed by atoms with E-state index in [-0.39, 0.29) is 0 Å².